The summed E-state index contributed by atoms with van der Waals surface area (Å²) in [7, 11) is -2.60. The van der Waals surface area contributed by atoms with Crippen LogP contribution < -0.4 is 19.5 Å². The number of hydrogen-bond acceptors (Lipinski definition) is 9. The predicted octanol–water partition coefficient (Wildman–Crippen LogP) is 5.17. The molecule has 0 bridgehead atoms. The standard InChI is InChI=1S/C39H50F3N5O9S/c1-6-23-17-22(2)11-7-9-13-25-20-38(25,35(50)45-57(53,54)27-15-16-27)44-32(48)29-19-26(56-33-28-14-10-8-12-24(28)18-30(43-33)55-5)21-46(29)34(49)31(23)47(36(51)52)37(3,4)39(40,41)42/h8-10,12-14,18,22-23,25-27,29,31H,6-7,11,15-17,19-21H2,1-5H3,(H,44,48)(H,45,50)(H,51,52)/b13-9-/t22-,23+,25+,26+,29-,31-,38+/m0/s1. The zero-order valence-electron chi connectivity index (χ0n) is 32.5. The van der Waals surface area contributed by atoms with Crippen molar-refractivity contribution in [2.45, 2.75) is 120 Å². The summed E-state index contributed by atoms with van der Waals surface area (Å²) in [6.45, 7) is 4.60. The van der Waals surface area contributed by atoms with Gasteiger partial charge >= 0.3 is 12.3 Å². The van der Waals surface area contributed by atoms with Crippen molar-refractivity contribution >= 4 is 44.6 Å². The van der Waals surface area contributed by atoms with Gasteiger partial charge in [-0.25, -0.2) is 13.2 Å². The average Bonchev–Trinajstić information content (AvgIpc) is 4.07. The number of pyridine rings is 1. The van der Waals surface area contributed by atoms with Gasteiger partial charge in [0.15, 0.2) is 0 Å². The fourth-order valence-corrected chi connectivity index (χ4v) is 9.53. The maximum Gasteiger partial charge on any atom is 0.411 e. The number of nitrogens with zero attached hydrogens (tertiary/aromatic N) is 3. The Kier molecular flexibility index (Phi) is 11.5. The van der Waals surface area contributed by atoms with Crippen molar-refractivity contribution in [3.63, 3.8) is 0 Å². The number of alkyl halides is 3. The Labute approximate surface area is 329 Å². The Morgan fingerprint density at radius 1 is 1.14 bits per heavy atom. The molecule has 6 rings (SSSR count). The summed E-state index contributed by atoms with van der Waals surface area (Å²) in [5, 5.41) is 13.8. The van der Waals surface area contributed by atoms with Gasteiger partial charge in [-0.3, -0.25) is 24.0 Å². The van der Waals surface area contributed by atoms with Crippen LogP contribution >= 0.6 is 0 Å². The summed E-state index contributed by atoms with van der Waals surface area (Å²) in [6.07, 6.45) is -2.55. The van der Waals surface area contributed by atoms with Gasteiger partial charge in [0.05, 0.1) is 18.9 Å². The molecule has 1 aromatic carbocycles. The molecular formula is C39H50F3N5O9S. The van der Waals surface area contributed by atoms with E-state index in [1.807, 2.05) is 13.0 Å². The quantitative estimate of drug-likeness (QED) is 0.286. The second-order valence-electron chi connectivity index (χ2n) is 16.3. The van der Waals surface area contributed by atoms with Crippen LogP contribution in [0.3, 0.4) is 0 Å². The normalized spacial score (nSPS) is 29.2. The molecule has 312 valence electrons. The Bertz CT molecular complexity index is 2040. The number of ether oxygens (including phenoxy) is 2. The van der Waals surface area contributed by atoms with E-state index in [2.05, 4.69) is 15.0 Å². The third-order valence-electron chi connectivity index (χ3n) is 11.9. The van der Waals surface area contributed by atoms with E-state index >= 15 is 4.79 Å². The van der Waals surface area contributed by atoms with E-state index in [0.29, 0.717) is 50.3 Å². The van der Waals surface area contributed by atoms with Gasteiger partial charge in [-0.2, -0.15) is 18.2 Å². The summed E-state index contributed by atoms with van der Waals surface area (Å²) in [5.41, 5.74) is -4.73. The van der Waals surface area contributed by atoms with Crippen LogP contribution in [-0.2, 0) is 24.4 Å². The molecule has 3 fully saturated rings. The summed E-state index contributed by atoms with van der Waals surface area (Å²) in [5.74, 6) is -4.20. The zero-order chi connectivity index (χ0) is 41.7. The van der Waals surface area contributed by atoms with E-state index in [1.165, 1.54) is 7.11 Å². The molecule has 1 aromatic heterocycles. The highest BCUT2D eigenvalue weighted by Crippen LogP contribution is 2.47. The lowest BCUT2D eigenvalue weighted by Gasteiger charge is -2.46. The maximum atomic E-state index is 15.1. The van der Waals surface area contributed by atoms with Gasteiger partial charge in [-0.1, -0.05) is 50.6 Å². The molecule has 18 heteroatoms. The van der Waals surface area contributed by atoms with Crippen LogP contribution in [0.1, 0.15) is 79.1 Å². The van der Waals surface area contributed by atoms with Crippen molar-refractivity contribution < 1.29 is 55.3 Å². The Balaban J connectivity index is 1.45. The molecule has 0 spiro atoms. The molecule has 1 saturated heterocycles. The summed E-state index contributed by atoms with van der Waals surface area (Å²) in [4.78, 5) is 62.1. The maximum absolute atomic E-state index is 15.1. The summed E-state index contributed by atoms with van der Waals surface area (Å²) >= 11 is 0. The van der Waals surface area contributed by atoms with Gasteiger partial charge in [0.1, 0.15) is 29.3 Å². The third-order valence-corrected chi connectivity index (χ3v) is 13.7. The number of carbonyl (C=O) groups excluding carboxylic acids is 3. The van der Waals surface area contributed by atoms with Gasteiger partial charge in [0.25, 0.3) is 5.91 Å². The molecule has 57 heavy (non-hydrogen) atoms. The Morgan fingerprint density at radius 2 is 1.84 bits per heavy atom. The minimum atomic E-state index is -5.09. The molecule has 4 aliphatic rings. The minimum Gasteiger partial charge on any atom is -0.481 e. The number of benzene rings is 1. The fourth-order valence-electron chi connectivity index (χ4n) is 8.17. The van der Waals surface area contributed by atoms with Crippen LogP contribution in [0, 0.1) is 17.8 Å². The number of allylic oxidation sites excluding steroid dienone is 1. The predicted molar refractivity (Wildman–Crippen MR) is 202 cm³/mol. The molecule has 0 radical (unpaired) electrons. The number of rotatable bonds is 9. The first-order valence-electron chi connectivity index (χ1n) is 19.3. The topological polar surface area (TPSA) is 185 Å². The highest BCUT2D eigenvalue weighted by molar-refractivity contribution is 7.91. The number of amides is 4. The van der Waals surface area contributed by atoms with Crippen molar-refractivity contribution in [1.82, 2.24) is 24.8 Å². The van der Waals surface area contributed by atoms with Crippen molar-refractivity contribution in [2.24, 2.45) is 17.8 Å². The van der Waals surface area contributed by atoms with Gasteiger partial charge in [-0.15, -0.1) is 0 Å². The molecule has 0 unspecified atom stereocenters. The number of carbonyl (C=O) groups is 4. The van der Waals surface area contributed by atoms with Crippen LogP contribution in [0.2, 0.25) is 0 Å². The van der Waals surface area contributed by atoms with Crippen LogP contribution in [0.4, 0.5) is 18.0 Å². The molecular weight excluding hydrogens is 772 g/mol. The molecule has 7 atom stereocenters. The van der Waals surface area contributed by atoms with E-state index in [-0.39, 0.29) is 54.8 Å². The van der Waals surface area contributed by atoms with Crippen molar-refractivity contribution in [2.75, 3.05) is 13.7 Å². The lowest BCUT2D eigenvalue weighted by Crippen LogP contribution is -2.66. The average molecular weight is 822 g/mol. The SMILES string of the molecule is CC[C@@H]1C[C@@H](C)CC/C=C\[C@@H]2C[C@@]2(C(=O)NS(=O)(=O)C2CC2)NC(=O)[C@@H]2C[C@@H](Oc3nc(OC)cc4ccccc34)CN2C(=O)[C@H]1N(C(=O)O)C(C)(C)C(F)(F)F. The first-order chi connectivity index (χ1) is 26.7. The number of methoxy groups -OCH3 is 1. The highest BCUT2D eigenvalue weighted by atomic mass is 32.2. The van der Waals surface area contributed by atoms with Crippen LogP contribution in [-0.4, -0.2) is 106 Å². The lowest BCUT2D eigenvalue weighted by molar-refractivity contribution is -0.222. The summed E-state index contributed by atoms with van der Waals surface area (Å²) < 4.78 is 84.0. The number of sulfonamides is 1. The number of hydrogen-bond donors (Lipinski definition) is 3. The number of aromatic nitrogens is 1. The van der Waals surface area contributed by atoms with E-state index < -0.39 is 86.4 Å². The number of carboxylic acid groups (broad SMARTS) is 1. The van der Waals surface area contributed by atoms with Crippen LogP contribution in [0.15, 0.2) is 42.5 Å². The number of fused-ring (bicyclic) bond motifs is 3. The number of halogens is 3. The first kappa shape index (κ1) is 42.0. The number of nitrogens with one attached hydrogen (secondary N) is 2. The monoisotopic (exact) mass is 821 g/mol. The molecule has 2 saturated carbocycles. The molecule has 14 nitrogen and oxygen atoms in total. The van der Waals surface area contributed by atoms with Crippen molar-refractivity contribution in [3.8, 4) is 11.8 Å². The van der Waals surface area contributed by atoms with Gasteiger partial charge in [0.2, 0.25) is 33.6 Å². The van der Waals surface area contributed by atoms with Crippen molar-refractivity contribution in [3.05, 3.63) is 42.5 Å². The van der Waals surface area contributed by atoms with Gasteiger partial charge in [0, 0.05) is 23.8 Å². The molecule has 2 aliphatic heterocycles. The molecule has 3 N–H and O–H groups in total. The van der Waals surface area contributed by atoms with Gasteiger partial charge < -0.3 is 24.8 Å². The van der Waals surface area contributed by atoms with Crippen LogP contribution in [0.25, 0.3) is 10.8 Å². The van der Waals surface area contributed by atoms with Crippen LogP contribution in [0.5, 0.6) is 11.8 Å². The second-order valence-corrected chi connectivity index (χ2v) is 18.2. The van der Waals surface area contributed by atoms with E-state index in [9.17, 15) is 41.1 Å². The first-order valence-corrected chi connectivity index (χ1v) is 20.8. The van der Waals surface area contributed by atoms with Crippen molar-refractivity contribution in [1.29, 1.82) is 0 Å². The smallest absolute Gasteiger partial charge is 0.411 e. The van der Waals surface area contributed by atoms with E-state index in [0.717, 1.165) is 4.90 Å². The Morgan fingerprint density at radius 3 is 2.47 bits per heavy atom. The molecule has 4 amide bonds. The lowest BCUT2D eigenvalue weighted by atomic mass is 9.82. The van der Waals surface area contributed by atoms with Gasteiger partial charge in [-0.05, 0) is 75.7 Å². The van der Waals surface area contributed by atoms with E-state index in [1.54, 1.807) is 43.3 Å². The zero-order valence-corrected chi connectivity index (χ0v) is 33.4. The molecule has 2 aliphatic carbocycles. The summed E-state index contributed by atoms with van der Waals surface area (Å²) in [6, 6.07) is 5.43. The highest BCUT2D eigenvalue weighted by Gasteiger charge is 2.63. The molecule has 2 aromatic rings. The molecule has 3 heterocycles. The second kappa shape index (κ2) is 15.6. The Hall–Kier alpha value is -4.61. The fraction of sp³-hybridized carbons (Fsp3) is 0.615. The minimum absolute atomic E-state index is 0.0597. The third kappa shape index (κ3) is 8.37. The van der Waals surface area contributed by atoms with E-state index in [4.69, 9.17) is 9.47 Å². The largest absolute Gasteiger partial charge is 0.481 e.